The van der Waals surface area contributed by atoms with Gasteiger partial charge in [-0.15, -0.1) is 0 Å². The highest BCUT2D eigenvalue weighted by Crippen LogP contribution is 2.54. The molecular weight excluding hydrogens is 362 g/mol. The van der Waals surface area contributed by atoms with E-state index in [1.165, 1.54) is 0 Å². The van der Waals surface area contributed by atoms with E-state index in [9.17, 15) is 4.79 Å². The molecule has 7 nitrogen and oxygen atoms in total. The number of rotatable bonds is 3. The Bertz CT molecular complexity index is 972. The molecule has 3 heterocycles. The topological polar surface area (TPSA) is 66.5 Å². The Morgan fingerprint density at radius 3 is 2.79 bits per heavy atom. The van der Waals surface area contributed by atoms with Crippen molar-refractivity contribution in [2.24, 2.45) is 0 Å². The van der Waals surface area contributed by atoms with Crippen LogP contribution in [0.15, 0.2) is 24.3 Å². The van der Waals surface area contributed by atoms with Gasteiger partial charge in [0.15, 0.2) is 11.5 Å². The van der Waals surface area contributed by atoms with Gasteiger partial charge in [-0.25, -0.2) is 4.79 Å². The molecule has 0 spiro atoms. The van der Waals surface area contributed by atoms with E-state index >= 15 is 0 Å². The first-order chi connectivity index (χ1) is 13.6. The fourth-order valence-corrected chi connectivity index (χ4v) is 4.41. The van der Waals surface area contributed by atoms with Crippen LogP contribution in [0.5, 0.6) is 23.0 Å². The van der Waals surface area contributed by atoms with Crippen molar-refractivity contribution in [3.05, 3.63) is 46.5 Å². The highest BCUT2D eigenvalue weighted by atomic mass is 16.7. The van der Waals surface area contributed by atoms with Gasteiger partial charge in [-0.3, -0.25) is 4.90 Å². The van der Waals surface area contributed by atoms with Gasteiger partial charge in [-0.2, -0.15) is 0 Å². The molecule has 28 heavy (non-hydrogen) atoms. The number of nitrogens with zero attached hydrogens (tertiary/aromatic N) is 1. The summed E-state index contributed by atoms with van der Waals surface area (Å²) in [5.41, 5.74) is 3.52. The first-order valence-corrected chi connectivity index (χ1v) is 9.21. The number of carbonyl (C=O) groups is 1. The van der Waals surface area contributed by atoms with Crippen molar-refractivity contribution >= 4 is 5.97 Å². The molecule has 2 atom stereocenters. The van der Waals surface area contributed by atoms with Crippen LogP contribution in [-0.2, 0) is 11.2 Å². The number of methoxy groups -OCH3 is 2. The highest BCUT2D eigenvalue weighted by molar-refractivity contribution is 5.94. The molecule has 2 aromatic rings. The van der Waals surface area contributed by atoms with Crippen LogP contribution < -0.4 is 18.9 Å². The average Bonchev–Trinajstić information content (AvgIpc) is 3.30. The summed E-state index contributed by atoms with van der Waals surface area (Å²) in [6, 6.07) is 7.33. The van der Waals surface area contributed by atoms with Crippen molar-refractivity contribution in [3.63, 3.8) is 0 Å². The maximum atomic E-state index is 12.6. The lowest BCUT2D eigenvalue weighted by molar-refractivity contribution is 0.00881. The monoisotopic (exact) mass is 383 g/mol. The van der Waals surface area contributed by atoms with Crippen molar-refractivity contribution in [1.29, 1.82) is 0 Å². The van der Waals surface area contributed by atoms with Crippen LogP contribution in [0.2, 0.25) is 0 Å². The van der Waals surface area contributed by atoms with Crippen molar-refractivity contribution in [1.82, 2.24) is 4.90 Å². The summed E-state index contributed by atoms with van der Waals surface area (Å²) in [6.07, 6.45) is 0.414. The Labute approximate surface area is 162 Å². The zero-order valence-corrected chi connectivity index (χ0v) is 16.0. The van der Waals surface area contributed by atoms with E-state index in [1.54, 1.807) is 20.3 Å². The minimum atomic E-state index is -0.438. The van der Waals surface area contributed by atoms with E-state index in [2.05, 4.69) is 4.90 Å². The van der Waals surface area contributed by atoms with Crippen LogP contribution in [0.3, 0.4) is 0 Å². The Morgan fingerprint density at radius 2 is 2.00 bits per heavy atom. The summed E-state index contributed by atoms with van der Waals surface area (Å²) in [5, 5.41) is 0. The average molecular weight is 383 g/mol. The Kier molecular flexibility index (Phi) is 3.87. The molecule has 0 aliphatic carbocycles. The van der Waals surface area contributed by atoms with E-state index in [1.807, 2.05) is 25.2 Å². The summed E-state index contributed by atoms with van der Waals surface area (Å²) in [7, 11) is 5.24. The zero-order chi connectivity index (χ0) is 19.4. The summed E-state index contributed by atoms with van der Waals surface area (Å²) in [6.45, 7) is 1.01. The van der Waals surface area contributed by atoms with Crippen molar-refractivity contribution in [3.8, 4) is 23.0 Å². The Hall–Kier alpha value is -2.93. The van der Waals surface area contributed by atoms with E-state index in [0.29, 0.717) is 28.6 Å². The molecule has 7 heteroatoms. The molecule has 3 aliphatic heterocycles. The largest absolute Gasteiger partial charge is 0.497 e. The van der Waals surface area contributed by atoms with Crippen LogP contribution in [0, 0.1) is 0 Å². The SMILES string of the molecule is COc1ccc2c(c1)C(=O)O[C@@H]2[C@H]1c2c(cc3c(c2OC)OCO3)CCN1C. The lowest BCUT2D eigenvalue weighted by Gasteiger charge is -2.38. The smallest absolute Gasteiger partial charge is 0.339 e. The third kappa shape index (κ3) is 2.36. The molecule has 146 valence electrons. The zero-order valence-electron chi connectivity index (χ0n) is 16.0. The van der Waals surface area contributed by atoms with Gasteiger partial charge in [0.05, 0.1) is 25.8 Å². The number of hydrogen-bond acceptors (Lipinski definition) is 7. The van der Waals surface area contributed by atoms with Crippen LogP contribution in [-0.4, -0.2) is 45.5 Å². The quantitative estimate of drug-likeness (QED) is 0.755. The number of esters is 1. The minimum Gasteiger partial charge on any atom is -0.497 e. The fraction of sp³-hybridized carbons (Fsp3) is 0.381. The second-order valence-corrected chi connectivity index (χ2v) is 7.17. The molecule has 0 N–H and O–H groups in total. The normalized spacial score (nSPS) is 22.5. The fourth-order valence-electron chi connectivity index (χ4n) is 4.41. The van der Waals surface area contributed by atoms with Crippen molar-refractivity contribution in [2.45, 2.75) is 18.6 Å². The van der Waals surface area contributed by atoms with Gasteiger partial charge in [0.1, 0.15) is 11.9 Å². The van der Waals surface area contributed by atoms with Crippen molar-refractivity contribution < 1.29 is 28.5 Å². The third-order valence-corrected chi connectivity index (χ3v) is 5.76. The summed E-state index contributed by atoms with van der Waals surface area (Å²) >= 11 is 0. The lowest BCUT2D eigenvalue weighted by Crippen LogP contribution is -2.36. The molecule has 5 rings (SSSR count). The number of benzene rings is 2. The standard InChI is InChI=1S/C21H21NO6/c1-22-7-6-11-8-15-19(27-10-26-15)20(25-3)16(11)17(22)18-13-5-4-12(24-2)9-14(13)21(23)28-18/h4-5,8-9,17-18H,6-7,10H2,1-3H3/t17-,18+/m1/s1. The van der Waals surface area contributed by atoms with Crippen LogP contribution >= 0.6 is 0 Å². The number of hydrogen-bond donors (Lipinski definition) is 0. The first kappa shape index (κ1) is 17.2. The summed E-state index contributed by atoms with van der Waals surface area (Å²) < 4.78 is 28.1. The van der Waals surface area contributed by atoms with Gasteiger partial charge >= 0.3 is 5.97 Å². The minimum absolute atomic E-state index is 0.177. The Balaban J connectivity index is 1.66. The first-order valence-electron chi connectivity index (χ1n) is 9.21. The molecule has 0 bridgehead atoms. The number of ether oxygens (including phenoxy) is 5. The van der Waals surface area contributed by atoms with Crippen LogP contribution in [0.1, 0.15) is 39.2 Å². The summed E-state index contributed by atoms with van der Waals surface area (Å²) in [5.74, 6) is 2.27. The molecule has 0 saturated heterocycles. The predicted octanol–water partition coefficient (Wildman–Crippen LogP) is 2.87. The molecule has 0 radical (unpaired) electrons. The molecular formula is C21H21NO6. The molecule has 0 aromatic heterocycles. The summed E-state index contributed by atoms with van der Waals surface area (Å²) in [4.78, 5) is 14.8. The number of cyclic esters (lactones) is 1. The van der Waals surface area contributed by atoms with Gasteiger partial charge < -0.3 is 23.7 Å². The maximum absolute atomic E-state index is 12.6. The predicted molar refractivity (Wildman–Crippen MR) is 99.3 cm³/mol. The second kappa shape index (κ2) is 6.31. The Morgan fingerprint density at radius 1 is 1.14 bits per heavy atom. The molecule has 0 unspecified atom stereocenters. The van der Waals surface area contributed by atoms with E-state index in [0.717, 1.165) is 29.7 Å². The molecule has 3 aliphatic rings. The van der Waals surface area contributed by atoms with Gasteiger partial charge in [0.25, 0.3) is 0 Å². The third-order valence-electron chi connectivity index (χ3n) is 5.76. The van der Waals surface area contributed by atoms with Gasteiger partial charge in [-0.05, 0) is 37.2 Å². The van der Waals surface area contributed by atoms with Crippen molar-refractivity contribution in [2.75, 3.05) is 34.6 Å². The molecule has 0 amide bonds. The van der Waals surface area contributed by atoms with Gasteiger partial charge in [0, 0.05) is 17.7 Å². The van der Waals surface area contributed by atoms with Gasteiger partial charge in [0.2, 0.25) is 12.5 Å². The van der Waals surface area contributed by atoms with E-state index < -0.39 is 6.10 Å². The number of likely N-dealkylation sites (N-methyl/N-ethyl adjacent to an activating group) is 1. The second-order valence-electron chi connectivity index (χ2n) is 7.17. The maximum Gasteiger partial charge on any atom is 0.339 e. The number of fused-ring (bicyclic) bond motifs is 3. The highest BCUT2D eigenvalue weighted by Gasteiger charge is 2.44. The van der Waals surface area contributed by atoms with Gasteiger partial charge in [-0.1, -0.05) is 6.07 Å². The number of carbonyl (C=O) groups excluding carboxylic acids is 1. The van der Waals surface area contributed by atoms with E-state index in [-0.39, 0.29) is 18.8 Å². The lowest BCUT2D eigenvalue weighted by atomic mass is 9.85. The molecule has 0 fully saturated rings. The van der Waals surface area contributed by atoms with Crippen LogP contribution in [0.25, 0.3) is 0 Å². The van der Waals surface area contributed by atoms with Crippen LogP contribution in [0.4, 0.5) is 0 Å². The molecule has 2 aromatic carbocycles. The van der Waals surface area contributed by atoms with E-state index in [4.69, 9.17) is 23.7 Å². The molecule has 0 saturated carbocycles.